The molecule has 0 unspecified atom stereocenters. The number of nitrogens with one attached hydrogen (secondary N) is 1. The highest BCUT2D eigenvalue weighted by molar-refractivity contribution is 6.32. The number of hydrogen-bond donors (Lipinski definition) is 1. The number of para-hydroxylation sites is 1. The molecule has 4 nitrogen and oxygen atoms in total. The summed E-state index contributed by atoms with van der Waals surface area (Å²) in [6, 6.07) is 5.88. The van der Waals surface area contributed by atoms with Gasteiger partial charge in [0, 0.05) is 39.0 Å². The fraction of sp³-hybridized carbons (Fsp3) is 0.625. The summed E-state index contributed by atoms with van der Waals surface area (Å²) in [5.41, 5.74) is 1.09. The quantitative estimate of drug-likeness (QED) is 0.749. The molecule has 0 saturated carbocycles. The maximum absolute atomic E-state index is 6.29. The molecule has 1 aliphatic rings. The van der Waals surface area contributed by atoms with Crippen molar-refractivity contribution in [1.82, 2.24) is 5.32 Å². The lowest BCUT2D eigenvalue weighted by molar-refractivity contribution is 0.0496. The Kier molecular flexibility index (Phi) is 7.30. The molecule has 0 bridgehead atoms. The number of benzene rings is 1. The minimum Gasteiger partial charge on any atom is -0.491 e. The van der Waals surface area contributed by atoms with E-state index in [1.807, 2.05) is 18.2 Å². The summed E-state index contributed by atoms with van der Waals surface area (Å²) in [6.45, 7) is 4.61. The lowest BCUT2D eigenvalue weighted by Crippen LogP contribution is -2.22. The zero-order valence-corrected chi connectivity index (χ0v) is 13.3. The monoisotopic (exact) mass is 313 g/mol. The average Bonchev–Trinajstić information content (AvgIpc) is 2.52. The number of hydrogen-bond acceptors (Lipinski definition) is 4. The second-order valence-corrected chi connectivity index (χ2v) is 5.67. The molecule has 1 aromatic rings. The Hall–Kier alpha value is -0.810. The van der Waals surface area contributed by atoms with Crippen molar-refractivity contribution >= 4 is 11.6 Å². The van der Waals surface area contributed by atoms with Crippen molar-refractivity contribution in [3.8, 4) is 5.75 Å². The van der Waals surface area contributed by atoms with Crippen LogP contribution in [0.4, 0.5) is 0 Å². The zero-order chi connectivity index (χ0) is 14.9. The molecule has 1 N–H and O–H groups in total. The van der Waals surface area contributed by atoms with Crippen LogP contribution < -0.4 is 10.1 Å². The summed E-state index contributed by atoms with van der Waals surface area (Å²) in [5.74, 6) is 1.36. The van der Waals surface area contributed by atoms with E-state index in [1.165, 1.54) is 0 Å². The molecule has 0 atom stereocenters. The SMILES string of the molecule is COCCNCc1cccc(Cl)c1OCC1CCOCC1. The van der Waals surface area contributed by atoms with Gasteiger partial charge in [-0.15, -0.1) is 0 Å². The Morgan fingerprint density at radius 3 is 2.90 bits per heavy atom. The molecule has 0 radical (unpaired) electrons. The molecule has 118 valence electrons. The van der Waals surface area contributed by atoms with Gasteiger partial charge in [-0.05, 0) is 24.8 Å². The largest absolute Gasteiger partial charge is 0.491 e. The van der Waals surface area contributed by atoms with Crippen molar-refractivity contribution in [2.45, 2.75) is 19.4 Å². The van der Waals surface area contributed by atoms with Crippen LogP contribution in [0.5, 0.6) is 5.75 Å². The van der Waals surface area contributed by atoms with E-state index in [0.717, 1.165) is 50.5 Å². The van der Waals surface area contributed by atoms with E-state index in [-0.39, 0.29) is 0 Å². The van der Waals surface area contributed by atoms with Crippen molar-refractivity contribution in [1.29, 1.82) is 0 Å². The van der Waals surface area contributed by atoms with Gasteiger partial charge in [0.1, 0.15) is 5.75 Å². The predicted molar refractivity (Wildman–Crippen MR) is 84.1 cm³/mol. The van der Waals surface area contributed by atoms with Crippen molar-refractivity contribution in [2.24, 2.45) is 5.92 Å². The van der Waals surface area contributed by atoms with Crippen LogP contribution in [0, 0.1) is 5.92 Å². The minimum absolute atomic E-state index is 0.560. The van der Waals surface area contributed by atoms with E-state index < -0.39 is 0 Å². The molecular weight excluding hydrogens is 290 g/mol. The fourth-order valence-electron chi connectivity index (χ4n) is 2.37. The van der Waals surface area contributed by atoms with Crippen molar-refractivity contribution in [3.63, 3.8) is 0 Å². The zero-order valence-electron chi connectivity index (χ0n) is 12.6. The molecule has 0 amide bonds. The maximum atomic E-state index is 6.29. The lowest BCUT2D eigenvalue weighted by atomic mass is 10.0. The molecule has 1 saturated heterocycles. The highest BCUT2D eigenvalue weighted by Gasteiger charge is 2.16. The summed E-state index contributed by atoms with van der Waals surface area (Å²) in [6.07, 6.45) is 2.12. The highest BCUT2D eigenvalue weighted by Crippen LogP contribution is 2.30. The van der Waals surface area contributed by atoms with E-state index in [1.54, 1.807) is 7.11 Å². The van der Waals surface area contributed by atoms with Crippen LogP contribution in [-0.2, 0) is 16.0 Å². The molecule has 1 heterocycles. The topological polar surface area (TPSA) is 39.7 Å². The van der Waals surface area contributed by atoms with Gasteiger partial charge in [-0.2, -0.15) is 0 Å². The van der Waals surface area contributed by atoms with Gasteiger partial charge in [-0.3, -0.25) is 0 Å². The maximum Gasteiger partial charge on any atom is 0.142 e. The van der Waals surface area contributed by atoms with Crippen molar-refractivity contribution in [2.75, 3.05) is 40.1 Å². The Bertz CT molecular complexity index is 422. The summed E-state index contributed by atoms with van der Waals surface area (Å²) in [4.78, 5) is 0. The van der Waals surface area contributed by atoms with Gasteiger partial charge in [-0.25, -0.2) is 0 Å². The first kappa shape index (κ1) is 16.6. The molecule has 5 heteroatoms. The molecule has 0 aromatic heterocycles. The normalized spacial score (nSPS) is 16.1. The number of ether oxygens (including phenoxy) is 3. The third-order valence-corrected chi connectivity index (χ3v) is 3.95. The third-order valence-electron chi connectivity index (χ3n) is 3.65. The van der Waals surface area contributed by atoms with Crippen LogP contribution in [0.2, 0.25) is 5.02 Å². The summed E-state index contributed by atoms with van der Waals surface area (Å²) >= 11 is 6.29. The van der Waals surface area contributed by atoms with Gasteiger partial charge in [0.05, 0.1) is 18.2 Å². The second kappa shape index (κ2) is 9.26. The second-order valence-electron chi connectivity index (χ2n) is 5.26. The average molecular weight is 314 g/mol. The first-order valence-electron chi connectivity index (χ1n) is 7.49. The van der Waals surface area contributed by atoms with Gasteiger partial charge < -0.3 is 19.5 Å². The summed E-state index contributed by atoms with van der Waals surface area (Å²) in [5, 5.41) is 4.00. The molecule has 21 heavy (non-hydrogen) atoms. The molecule has 2 rings (SSSR count). The summed E-state index contributed by atoms with van der Waals surface area (Å²) < 4.78 is 16.4. The van der Waals surface area contributed by atoms with Crippen molar-refractivity contribution < 1.29 is 14.2 Å². The number of halogens is 1. The smallest absolute Gasteiger partial charge is 0.142 e. The molecule has 1 aromatic carbocycles. The molecule has 0 aliphatic carbocycles. The van der Waals surface area contributed by atoms with Gasteiger partial charge in [-0.1, -0.05) is 23.7 Å². The predicted octanol–water partition coefficient (Wildman–Crippen LogP) is 2.88. The minimum atomic E-state index is 0.560. The van der Waals surface area contributed by atoms with E-state index in [2.05, 4.69) is 5.32 Å². The van der Waals surface area contributed by atoms with Gasteiger partial charge >= 0.3 is 0 Å². The third kappa shape index (κ3) is 5.47. The number of methoxy groups -OCH3 is 1. The Balaban J connectivity index is 1.89. The van der Waals surface area contributed by atoms with Crippen LogP contribution >= 0.6 is 11.6 Å². The molecular formula is C16H24ClNO3. The molecule has 0 spiro atoms. The lowest BCUT2D eigenvalue weighted by Gasteiger charge is -2.23. The van der Waals surface area contributed by atoms with Crippen LogP contribution in [-0.4, -0.2) is 40.1 Å². The van der Waals surface area contributed by atoms with E-state index in [4.69, 9.17) is 25.8 Å². The van der Waals surface area contributed by atoms with Crippen molar-refractivity contribution in [3.05, 3.63) is 28.8 Å². The first-order valence-corrected chi connectivity index (χ1v) is 7.86. The first-order chi connectivity index (χ1) is 10.3. The Morgan fingerprint density at radius 1 is 1.33 bits per heavy atom. The molecule has 1 aliphatic heterocycles. The van der Waals surface area contributed by atoms with Crippen LogP contribution in [0.25, 0.3) is 0 Å². The molecule has 1 fully saturated rings. The Morgan fingerprint density at radius 2 is 2.14 bits per heavy atom. The van der Waals surface area contributed by atoms with Gasteiger partial charge in [0.15, 0.2) is 0 Å². The van der Waals surface area contributed by atoms with E-state index in [9.17, 15) is 0 Å². The van der Waals surface area contributed by atoms with E-state index in [0.29, 0.717) is 24.2 Å². The summed E-state index contributed by atoms with van der Waals surface area (Å²) in [7, 11) is 1.70. The highest BCUT2D eigenvalue weighted by atomic mass is 35.5. The van der Waals surface area contributed by atoms with Gasteiger partial charge in [0.25, 0.3) is 0 Å². The van der Waals surface area contributed by atoms with Gasteiger partial charge in [0.2, 0.25) is 0 Å². The van der Waals surface area contributed by atoms with Crippen LogP contribution in [0.15, 0.2) is 18.2 Å². The number of rotatable bonds is 8. The van der Waals surface area contributed by atoms with E-state index >= 15 is 0 Å². The standard InChI is InChI=1S/C16H24ClNO3/c1-19-10-7-18-11-14-3-2-4-15(17)16(14)21-12-13-5-8-20-9-6-13/h2-4,13,18H,5-12H2,1H3. The van der Waals surface area contributed by atoms with Crippen LogP contribution in [0.1, 0.15) is 18.4 Å². The van der Waals surface area contributed by atoms with Crippen LogP contribution in [0.3, 0.4) is 0 Å². The fourth-order valence-corrected chi connectivity index (χ4v) is 2.61. The Labute approximate surface area is 131 Å².